The molecule has 0 aliphatic carbocycles. The first-order valence-corrected chi connectivity index (χ1v) is 9.53. The van der Waals surface area contributed by atoms with Crippen LogP contribution in [0.4, 0.5) is 0 Å². The van der Waals surface area contributed by atoms with Crippen LogP contribution in [0.5, 0.6) is 0 Å². The fourth-order valence-electron chi connectivity index (χ4n) is 3.82. The first kappa shape index (κ1) is 17.9. The summed E-state index contributed by atoms with van der Waals surface area (Å²) in [5, 5.41) is 3.56. The zero-order valence-corrected chi connectivity index (χ0v) is 15.1. The summed E-state index contributed by atoms with van der Waals surface area (Å²) >= 11 is 0. The Labute approximate surface area is 152 Å². The van der Waals surface area contributed by atoms with Gasteiger partial charge < -0.3 is 10.2 Å². The van der Waals surface area contributed by atoms with Crippen LogP contribution in [-0.2, 0) is 0 Å². The van der Waals surface area contributed by atoms with E-state index in [-0.39, 0.29) is 0 Å². The molecule has 0 spiro atoms. The average Bonchev–Trinajstić information content (AvgIpc) is 2.69. The minimum atomic E-state index is 0.485. The molecule has 2 aromatic rings. The molecule has 0 radical (unpaired) electrons. The van der Waals surface area contributed by atoms with Crippen LogP contribution in [0.15, 0.2) is 73.3 Å². The van der Waals surface area contributed by atoms with Gasteiger partial charge in [0, 0.05) is 18.5 Å². The van der Waals surface area contributed by atoms with Gasteiger partial charge in [-0.15, -0.1) is 6.58 Å². The molecule has 1 aliphatic heterocycles. The van der Waals surface area contributed by atoms with Gasteiger partial charge in [0.2, 0.25) is 0 Å². The van der Waals surface area contributed by atoms with Crippen LogP contribution in [0.3, 0.4) is 0 Å². The lowest BCUT2D eigenvalue weighted by atomic mass is 9.88. The van der Waals surface area contributed by atoms with Crippen molar-refractivity contribution in [2.24, 2.45) is 0 Å². The molecule has 1 aliphatic rings. The smallest absolute Gasteiger partial charge is 0.0134 e. The molecule has 0 aromatic heterocycles. The molecule has 1 fully saturated rings. The van der Waals surface area contributed by atoms with E-state index in [2.05, 4.69) is 77.5 Å². The maximum atomic E-state index is 3.79. The Kier molecular flexibility index (Phi) is 6.84. The molecule has 1 heterocycles. The van der Waals surface area contributed by atoms with Gasteiger partial charge in [0.05, 0.1) is 0 Å². The maximum absolute atomic E-state index is 3.79. The topological polar surface area (TPSA) is 15.3 Å². The molecule has 0 bridgehead atoms. The van der Waals surface area contributed by atoms with Crippen LogP contribution < -0.4 is 5.32 Å². The summed E-state index contributed by atoms with van der Waals surface area (Å²) in [5.74, 6) is 0.485. The molecule has 0 unspecified atom stereocenters. The SMILES string of the molecule is C=CCNC1CCN(CCC(c2ccccc2)c2ccccc2)CC1. The Balaban J connectivity index is 1.58. The predicted octanol–water partition coefficient (Wildman–Crippen LogP) is 4.45. The summed E-state index contributed by atoms with van der Waals surface area (Å²) in [6.07, 6.45) is 5.62. The third-order valence-corrected chi connectivity index (χ3v) is 5.28. The van der Waals surface area contributed by atoms with Crippen LogP contribution in [0.1, 0.15) is 36.3 Å². The molecular formula is C23H30N2. The van der Waals surface area contributed by atoms with Crippen LogP contribution in [-0.4, -0.2) is 37.1 Å². The van der Waals surface area contributed by atoms with Gasteiger partial charge >= 0.3 is 0 Å². The fraction of sp³-hybridized carbons (Fsp3) is 0.391. The summed E-state index contributed by atoms with van der Waals surface area (Å²) in [5.41, 5.74) is 2.85. The minimum Gasteiger partial charge on any atom is -0.310 e. The molecule has 0 saturated carbocycles. The molecule has 1 saturated heterocycles. The molecule has 2 nitrogen and oxygen atoms in total. The molecule has 2 aromatic carbocycles. The Morgan fingerprint density at radius 1 is 0.960 bits per heavy atom. The molecule has 25 heavy (non-hydrogen) atoms. The summed E-state index contributed by atoms with van der Waals surface area (Å²) in [4.78, 5) is 2.63. The number of nitrogens with zero attached hydrogens (tertiary/aromatic N) is 1. The highest BCUT2D eigenvalue weighted by Crippen LogP contribution is 2.28. The van der Waals surface area contributed by atoms with Crippen LogP contribution in [0.25, 0.3) is 0 Å². The maximum Gasteiger partial charge on any atom is 0.0134 e. The number of piperidine rings is 1. The first-order chi connectivity index (χ1) is 12.4. The lowest BCUT2D eigenvalue weighted by molar-refractivity contribution is 0.196. The van der Waals surface area contributed by atoms with Crippen LogP contribution in [0, 0.1) is 0 Å². The summed E-state index contributed by atoms with van der Waals surface area (Å²) in [6.45, 7) is 8.29. The van der Waals surface area contributed by atoms with E-state index in [1.807, 2.05) is 6.08 Å². The molecule has 1 N–H and O–H groups in total. The zero-order chi connectivity index (χ0) is 17.3. The van der Waals surface area contributed by atoms with E-state index in [4.69, 9.17) is 0 Å². The first-order valence-electron chi connectivity index (χ1n) is 9.53. The van der Waals surface area contributed by atoms with Crippen LogP contribution in [0.2, 0.25) is 0 Å². The molecule has 132 valence electrons. The number of hydrogen-bond acceptors (Lipinski definition) is 2. The summed E-state index contributed by atoms with van der Waals surface area (Å²) in [6, 6.07) is 22.6. The third-order valence-electron chi connectivity index (χ3n) is 5.28. The number of rotatable bonds is 8. The molecular weight excluding hydrogens is 304 g/mol. The molecule has 0 atom stereocenters. The Bertz CT molecular complexity index is 576. The summed E-state index contributed by atoms with van der Waals surface area (Å²) in [7, 11) is 0. The van der Waals surface area contributed by atoms with E-state index in [9.17, 15) is 0 Å². The van der Waals surface area contributed by atoms with E-state index in [1.54, 1.807) is 0 Å². The van der Waals surface area contributed by atoms with Crippen molar-refractivity contribution in [2.75, 3.05) is 26.2 Å². The van der Waals surface area contributed by atoms with Gasteiger partial charge in [-0.1, -0.05) is 66.7 Å². The number of likely N-dealkylation sites (tertiary alicyclic amines) is 1. The number of nitrogens with one attached hydrogen (secondary N) is 1. The van der Waals surface area contributed by atoms with Crippen molar-refractivity contribution in [1.29, 1.82) is 0 Å². The molecule has 2 heteroatoms. The number of hydrogen-bond donors (Lipinski definition) is 1. The minimum absolute atomic E-state index is 0.485. The van der Waals surface area contributed by atoms with E-state index < -0.39 is 0 Å². The summed E-state index contributed by atoms with van der Waals surface area (Å²) < 4.78 is 0. The van der Waals surface area contributed by atoms with Crippen molar-refractivity contribution in [3.05, 3.63) is 84.4 Å². The van der Waals surface area contributed by atoms with Crippen molar-refractivity contribution in [3.8, 4) is 0 Å². The lowest BCUT2D eigenvalue weighted by Crippen LogP contribution is -2.43. The third kappa shape index (κ3) is 5.29. The average molecular weight is 335 g/mol. The van der Waals surface area contributed by atoms with Gasteiger partial charge in [-0.05, 0) is 50.0 Å². The standard InChI is InChI=1S/C23H30N2/c1-2-16-24-22-13-17-25(18-14-22)19-15-23(20-9-5-3-6-10-20)21-11-7-4-8-12-21/h2-12,22-24H,1,13-19H2. The van der Waals surface area contributed by atoms with Crippen molar-refractivity contribution in [2.45, 2.75) is 31.2 Å². The molecule has 0 amide bonds. The predicted molar refractivity (Wildman–Crippen MR) is 107 cm³/mol. The van der Waals surface area contributed by atoms with Crippen molar-refractivity contribution in [3.63, 3.8) is 0 Å². The van der Waals surface area contributed by atoms with E-state index >= 15 is 0 Å². The van der Waals surface area contributed by atoms with Crippen molar-refractivity contribution in [1.82, 2.24) is 10.2 Å². The highest BCUT2D eigenvalue weighted by Gasteiger charge is 2.20. The van der Waals surface area contributed by atoms with Crippen molar-refractivity contribution < 1.29 is 0 Å². The van der Waals surface area contributed by atoms with E-state index in [1.165, 1.54) is 50.0 Å². The lowest BCUT2D eigenvalue weighted by Gasteiger charge is -2.33. The van der Waals surface area contributed by atoms with Gasteiger partial charge in [-0.25, -0.2) is 0 Å². The Morgan fingerprint density at radius 2 is 1.52 bits per heavy atom. The van der Waals surface area contributed by atoms with Gasteiger partial charge in [0.15, 0.2) is 0 Å². The largest absolute Gasteiger partial charge is 0.310 e. The van der Waals surface area contributed by atoms with Gasteiger partial charge in [0.25, 0.3) is 0 Å². The highest BCUT2D eigenvalue weighted by atomic mass is 15.1. The zero-order valence-electron chi connectivity index (χ0n) is 15.1. The second-order valence-electron chi connectivity index (χ2n) is 6.98. The number of benzene rings is 2. The van der Waals surface area contributed by atoms with Gasteiger partial charge in [0.1, 0.15) is 0 Å². The second kappa shape index (κ2) is 9.55. The van der Waals surface area contributed by atoms with Crippen molar-refractivity contribution >= 4 is 0 Å². The Morgan fingerprint density at radius 3 is 2.04 bits per heavy atom. The monoisotopic (exact) mass is 334 g/mol. The van der Waals surface area contributed by atoms with Gasteiger partial charge in [-0.3, -0.25) is 0 Å². The highest BCUT2D eigenvalue weighted by molar-refractivity contribution is 5.32. The van der Waals surface area contributed by atoms with E-state index in [0.29, 0.717) is 12.0 Å². The second-order valence-corrected chi connectivity index (χ2v) is 6.98. The van der Waals surface area contributed by atoms with E-state index in [0.717, 1.165) is 6.54 Å². The normalized spacial score (nSPS) is 16.2. The quantitative estimate of drug-likeness (QED) is 0.718. The van der Waals surface area contributed by atoms with Gasteiger partial charge in [-0.2, -0.15) is 0 Å². The fourth-order valence-corrected chi connectivity index (χ4v) is 3.82. The molecule has 3 rings (SSSR count). The Hall–Kier alpha value is -1.90. The van der Waals surface area contributed by atoms with Crippen LogP contribution >= 0.6 is 0 Å².